The van der Waals surface area contributed by atoms with Gasteiger partial charge in [0.2, 0.25) is 0 Å². The number of anilines is 1. The molecule has 0 saturated heterocycles. The van der Waals surface area contributed by atoms with E-state index in [1.165, 1.54) is 24.0 Å². The first-order valence-electron chi connectivity index (χ1n) is 8.80. The normalized spacial score (nSPS) is 14.5. The van der Waals surface area contributed by atoms with E-state index in [2.05, 4.69) is 44.1 Å². The SMILES string of the molecule is Cn1c(CN=C(N)Nc2cccc3c2CCCC3)nc2ccccc21. The van der Waals surface area contributed by atoms with Gasteiger partial charge in [0.25, 0.3) is 0 Å². The Morgan fingerprint density at radius 2 is 2.00 bits per heavy atom. The van der Waals surface area contributed by atoms with Crippen LogP contribution in [-0.2, 0) is 26.4 Å². The molecular formula is C20H23N5. The largest absolute Gasteiger partial charge is 0.370 e. The molecule has 0 spiro atoms. The van der Waals surface area contributed by atoms with E-state index in [1.54, 1.807) is 0 Å². The van der Waals surface area contributed by atoms with Crippen molar-refractivity contribution >= 4 is 22.7 Å². The predicted octanol–water partition coefficient (Wildman–Crippen LogP) is 3.38. The molecule has 0 saturated carbocycles. The Kier molecular flexibility index (Phi) is 4.14. The number of hydrogen-bond acceptors (Lipinski definition) is 2. The maximum absolute atomic E-state index is 6.13. The van der Waals surface area contributed by atoms with Crippen LogP contribution in [0.25, 0.3) is 11.0 Å². The van der Waals surface area contributed by atoms with Gasteiger partial charge in [0.1, 0.15) is 12.4 Å². The topological polar surface area (TPSA) is 68.2 Å². The number of aliphatic imine (C=N–C) groups is 1. The highest BCUT2D eigenvalue weighted by molar-refractivity contribution is 5.93. The summed E-state index contributed by atoms with van der Waals surface area (Å²) in [5.74, 6) is 1.34. The molecule has 0 atom stereocenters. The smallest absolute Gasteiger partial charge is 0.193 e. The van der Waals surface area contributed by atoms with E-state index < -0.39 is 0 Å². The monoisotopic (exact) mass is 333 g/mol. The summed E-state index contributed by atoms with van der Waals surface area (Å²) in [5.41, 5.74) is 12.1. The number of fused-ring (bicyclic) bond motifs is 2. The molecule has 5 heteroatoms. The summed E-state index contributed by atoms with van der Waals surface area (Å²) < 4.78 is 2.07. The van der Waals surface area contributed by atoms with Crippen LogP contribution in [0.2, 0.25) is 0 Å². The van der Waals surface area contributed by atoms with Crippen LogP contribution < -0.4 is 11.1 Å². The van der Waals surface area contributed by atoms with Crippen LogP contribution >= 0.6 is 0 Å². The number of rotatable bonds is 3. The van der Waals surface area contributed by atoms with Gasteiger partial charge in [-0.05, 0) is 55.0 Å². The number of nitrogens with two attached hydrogens (primary N) is 1. The molecule has 1 aliphatic rings. The zero-order valence-electron chi connectivity index (χ0n) is 14.5. The van der Waals surface area contributed by atoms with Crippen molar-refractivity contribution in [1.82, 2.24) is 9.55 Å². The van der Waals surface area contributed by atoms with E-state index in [0.717, 1.165) is 35.4 Å². The summed E-state index contributed by atoms with van der Waals surface area (Å²) in [6.07, 6.45) is 4.77. The number of nitrogens with one attached hydrogen (secondary N) is 1. The summed E-state index contributed by atoms with van der Waals surface area (Å²) in [4.78, 5) is 9.13. The summed E-state index contributed by atoms with van der Waals surface area (Å²) in [6, 6.07) is 14.5. The number of benzene rings is 2. The number of imidazole rings is 1. The average molecular weight is 333 g/mol. The zero-order chi connectivity index (χ0) is 17.2. The fourth-order valence-electron chi connectivity index (χ4n) is 3.57. The highest BCUT2D eigenvalue weighted by atomic mass is 15.1. The summed E-state index contributed by atoms with van der Waals surface area (Å²) in [6.45, 7) is 0.457. The van der Waals surface area contributed by atoms with Crippen molar-refractivity contribution < 1.29 is 0 Å². The van der Waals surface area contributed by atoms with Gasteiger partial charge < -0.3 is 15.6 Å². The van der Waals surface area contributed by atoms with E-state index in [9.17, 15) is 0 Å². The van der Waals surface area contributed by atoms with Gasteiger partial charge in [-0.1, -0.05) is 24.3 Å². The molecule has 0 bridgehead atoms. The molecule has 0 unspecified atom stereocenters. The van der Waals surface area contributed by atoms with Gasteiger partial charge >= 0.3 is 0 Å². The number of aryl methyl sites for hydroxylation is 2. The zero-order valence-corrected chi connectivity index (χ0v) is 14.5. The van der Waals surface area contributed by atoms with Crippen molar-refractivity contribution in [3.63, 3.8) is 0 Å². The molecular weight excluding hydrogens is 310 g/mol. The van der Waals surface area contributed by atoms with Crippen molar-refractivity contribution in [3.05, 3.63) is 59.4 Å². The maximum Gasteiger partial charge on any atom is 0.193 e. The molecule has 2 aromatic carbocycles. The van der Waals surface area contributed by atoms with E-state index in [1.807, 2.05) is 25.2 Å². The van der Waals surface area contributed by atoms with Crippen LogP contribution in [0.1, 0.15) is 29.8 Å². The molecule has 3 aromatic rings. The molecule has 25 heavy (non-hydrogen) atoms. The Bertz CT molecular complexity index is 938. The first kappa shape index (κ1) is 15.7. The molecule has 0 amide bonds. The fourth-order valence-corrected chi connectivity index (χ4v) is 3.57. The standard InChI is InChI=1S/C20H23N5/c1-25-18-12-5-4-10-17(18)23-19(25)13-22-20(21)24-16-11-6-8-14-7-2-3-9-15(14)16/h4-6,8,10-12H,2-3,7,9,13H2,1H3,(H3,21,22,24). The summed E-state index contributed by atoms with van der Waals surface area (Å²) in [7, 11) is 2.01. The molecule has 5 nitrogen and oxygen atoms in total. The van der Waals surface area contributed by atoms with Gasteiger partial charge in [0, 0.05) is 12.7 Å². The second-order valence-corrected chi connectivity index (χ2v) is 6.55. The third-order valence-corrected chi connectivity index (χ3v) is 4.93. The van der Waals surface area contributed by atoms with Crippen molar-refractivity contribution in [3.8, 4) is 0 Å². The Balaban J connectivity index is 1.53. The maximum atomic E-state index is 6.13. The quantitative estimate of drug-likeness (QED) is 0.570. The minimum absolute atomic E-state index is 0.436. The highest BCUT2D eigenvalue weighted by Gasteiger charge is 2.13. The van der Waals surface area contributed by atoms with Gasteiger partial charge in [0.05, 0.1) is 11.0 Å². The average Bonchev–Trinajstić information content (AvgIpc) is 2.97. The van der Waals surface area contributed by atoms with E-state index in [-0.39, 0.29) is 0 Å². The lowest BCUT2D eigenvalue weighted by Crippen LogP contribution is -2.24. The lowest BCUT2D eigenvalue weighted by atomic mass is 9.90. The highest BCUT2D eigenvalue weighted by Crippen LogP contribution is 2.27. The number of guanidine groups is 1. The summed E-state index contributed by atoms with van der Waals surface area (Å²) in [5, 5.41) is 3.28. The van der Waals surface area contributed by atoms with Crippen molar-refractivity contribution in [2.45, 2.75) is 32.2 Å². The van der Waals surface area contributed by atoms with Gasteiger partial charge in [-0.3, -0.25) is 0 Å². The minimum Gasteiger partial charge on any atom is -0.370 e. The van der Waals surface area contributed by atoms with Gasteiger partial charge in [-0.25, -0.2) is 9.98 Å². The van der Waals surface area contributed by atoms with Crippen LogP contribution in [0.3, 0.4) is 0 Å². The number of hydrogen-bond donors (Lipinski definition) is 2. The summed E-state index contributed by atoms with van der Waals surface area (Å²) >= 11 is 0. The Morgan fingerprint density at radius 1 is 1.16 bits per heavy atom. The second kappa shape index (κ2) is 6.59. The van der Waals surface area contributed by atoms with Crippen LogP contribution in [0, 0.1) is 0 Å². The third-order valence-electron chi connectivity index (χ3n) is 4.93. The van der Waals surface area contributed by atoms with Crippen molar-refractivity contribution in [2.24, 2.45) is 17.8 Å². The molecule has 0 fully saturated rings. The molecule has 1 aliphatic carbocycles. The molecule has 0 radical (unpaired) electrons. The second-order valence-electron chi connectivity index (χ2n) is 6.55. The Morgan fingerprint density at radius 3 is 2.88 bits per heavy atom. The van der Waals surface area contributed by atoms with E-state index >= 15 is 0 Å². The van der Waals surface area contributed by atoms with E-state index in [0.29, 0.717) is 12.5 Å². The number of aromatic nitrogens is 2. The van der Waals surface area contributed by atoms with Crippen molar-refractivity contribution in [2.75, 3.05) is 5.32 Å². The van der Waals surface area contributed by atoms with Crippen LogP contribution in [-0.4, -0.2) is 15.5 Å². The lowest BCUT2D eigenvalue weighted by Gasteiger charge is -2.19. The third kappa shape index (κ3) is 3.09. The van der Waals surface area contributed by atoms with Gasteiger partial charge in [-0.2, -0.15) is 0 Å². The first-order chi connectivity index (χ1) is 12.2. The first-order valence-corrected chi connectivity index (χ1v) is 8.80. The van der Waals surface area contributed by atoms with Gasteiger partial charge in [-0.15, -0.1) is 0 Å². The Labute approximate surface area is 147 Å². The molecule has 3 N–H and O–H groups in total. The van der Waals surface area contributed by atoms with Crippen LogP contribution in [0.5, 0.6) is 0 Å². The fraction of sp³-hybridized carbons (Fsp3) is 0.300. The molecule has 0 aliphatic heterocycles. The van der Waals surface area contributed by atoms with Crippen LogP contribution in [0.4, 0.5) is 5.69 Å². The molecule has 4 rings (SSSR count). The number of nitrogens with zero attached hydrogens (tertiary/aromatic N) is 3. The van der Waals surface area contributed by atoms with Crippen molar-refractivity contribution in [1.29, 1.82) is 0 Å². The molecule has 1 aromatic heterocycles. The predicted molar refractivity (Wildman–Crippen MR) is 103 cm³/mol. The van der Waals surface area contributed by atoms with Crippen LogP contribution in [0.15, 0.2) is 47.5 Å². The molecule has 128 valence electrons. The minimum atomic E-state index is 0.436. The van der Waals surface area contributed by atoms with Gasteiger partial charge in [0.15, 0.2) is 5.96 Å². The Hall–Kier alpha value is -2.82. The van der Waals surface area contributed by atoms with E-state index in [4.69, 9.17) is 5.73 Å². The number of para-hydroxylation sites is 2. The lowest BCUT2D eigenvalue weighted by molar-refractivity contribution is 0.687. The molecule has 1 heterocycles.